The Hall–Kier alpha value is -2.81. The highest BCUT2D eigenvalue weighted by Gasteiger charge is 2.30. The number of carbonyl (C=O) groups is 2. The smallest absolute Gasteiger partial charge is 0.456 e. The third-order valence-corrected chi connectivity index (χ3v) is 14.3. The number of amides is 1. The molecule has 0 radical (unpaired) electrons. The molecule has 0 aromatic carbocycles. The lowest BCUT2D eigenvalue weighted by Crippen LogP contribution is -2.47. The molecule has 0 aliphatic heterocycles. The average Bonchev–Trinajstić information content (AvgIpc) is 3.37. The molecule has 0 aromatic rings. The quantitative estimate of drug-likeness (QED) is 0.0205. The van der Waals surface area contributed by atoms with Gasteiger partial charge in [-0.2, -0.15) is 0 Å². The molecule has 0 heterocycles. The van der Waals surface area contributed by atoms with E-state index in [1.54, 1.807) is 0 Å². The molecule has 75 heavy (non-hydrogen) atoms. The largest absolute Gasteiger partial charge is 0.472 e. The number of rotatable bonds is 55. The molecule has 0 saturated heterocycles. The summed E-state index contributed by atoms with van der Waals surface area (Å²) in [5.74, 6) is -0.537. The van der Waals surface area contributed by atoms with Crippen LogP contribution in [0.25, 0.3) is 0 Å². The Kier molecular flexibility index (Phi) is 52.5. The molecule has 3 unspecified atom stereocenters. The van der Waals surface area contributed by atoms with Crippen molar-refractivity contribution >= 4 is 19.7 Å². The summed E-state index contributed by atoms with van der Waals surface area (Å²) in [6, 6.07) is -0.865. The highest BCUT2D eigenvalue weighted by atomic mass is 31.2. The third kappa shape index (κ3) is 55.7. The molecular formula is C65H118N2O7P+. The monoisotopic (exact) mass is 1070 g/mol. The molecule has 0 aliphatic carbocycles. The van der Waals surface area contributed by atoms with Gasteiger partial charge in [0.15, 0.2) is 0 Å². The second-order valence-corrected chi connectivity index (χ2v) is 23.3. The highest BCUT2D eigenvalue weighted by molar-refractivity contribution is 7.47. The summed E-state index contributed by atoms with van der Waals surface area (Å²) >= 11 is 0. The zero-order valence-electron chi connectivity index (χ0n) is 49.5. The number of phosphoric ester groups is 1. The molecule has 0 saturated carbocycles. The fourth-order valence-corrected chi connectivity index (χ4v) is 9.22. The van der Waals surface area contributed by atoms with Crippen LogP contribution in [0.5, 0.6) is 0 Å². The van der Waals surface area contributed by atoms with Crippen LogP contribution in [-0.4, -0.2) is 74.3 Å². The van der Waals surface area contributed by atoms with Crippen molar-refractivity contribution in [2.45, 2.75) is 277 Å². The first-order chi connectivity index (χ1) is 36.4. The van der Waals surface area contributed by atoms with Gasteiger partial charge in [0.05, 0.1) is 33.8 Å². The Labute approximate surface area is 463 Å². The van der Waals surface area contributed by atoms with Crippen LogP contribution in [0, 0.1) is 0 Å². The Bertz CT molecular complexity index is 1560. The fraction of sp³-hybridized carbons (Fsp3) is 0.754. The maximum atomic E-state index is 13.5. The minimum atomic E-state index is -4.46. The zero-order chi connectivity index (χ0) is 55.0. The average molecular weight is 1070 g/mol. The summed E-state index contributed by atoms with van der Waals surface area (Å²) in [5.41, 5.74) is 0. The molecule has 10 heteroatoms. The van der Waals surface area contributed by atoms with Gasteiger partial charge in [0, 0.05) is 12.8 Å². The highest BCUT2D eigenvalue weighted by Crippen LogP contribution is 2.43. The second kappa shape index (κ2) is 54.5. The van der Waals surface area contributed by atoms with Crippen molar-refractivity contribution in [3.8, 4) is 0 Å². The van der Waals surface area contributed by atoms with Crippen molar-refractivity contribution in [3.05, 3.63) is 85.1 Å². The lowest BCUT2D eigenvalue weighted by molar-refractivity contribution is -0.870. The van der Waals surface area contributed by atoms with E-state index in [1.807, 2.05) is 33.3 Å². The molecular weight excluding hydrogens is 952 g/mol. The lowest BCUT2D eigenvalue weighted by atomic mass is 10.1. The summed E-state index contributed by atoms with van der Waals surface area (Å²) in [4.78, 5) is 37.7. The van der Waals surface area contributed by atoms with Crippen molar-refractivity contribution in [1.29, 1.82) is 0 Å². The number of likely N-dealkylation sites (N-methyl/N-ethyl adjacent to an activating group) is 1. The fourth-order valence-electron chi connectivity index (χ4n) is 8.48. The maximum Gasteiger partial charge on any atom is 0.472 e. The number of unbranched alkanes of at least 4 members (excludes halogenated alkanes) is 27. The molecule has 0 aromatic heterocycles. The van der Waals surface area contributed by atoms with Crippen molar-refractivity contribution in [3.63, 3.8) is 0 Å². The molecule has 434 valence electrons. The maximum absolute atomic E-state index is 13.5. The Morgan fingerprint density at radius 2 is 0.813 bits per heavy atom. The van der Waals surface area contributed by atoms with E-state index in [-0.39, 0.29) is 31.5 Å². The van der Waals surface area contributed by atoms with Crippen molar-refractivity contribution in [2.75, 3.05) is 40.9 Å². The van der Waals surface area contributed by atoms with E-state index < -0.39 is 20.0 Å². The van der Waals surface area contributed by atoms with Crippen LogP contribution in [-0.2, 0) is 27.9 Å². The molecule has 0 fully saturated rings. The molecule has 1 amide bonds. The number of carbonyl (C=O) groups excluding carboxylic acids is 2. The molecule has 9 nitrogen and oxygen atoms in total. The number of nitrogens with one attached hydrogen (secondary N) is 1. The topological polar surface area (TPSA) is 111 Å². The van der Waals surface area contributed by atoms with Crippen LogP contribution >= 0.6 is 7.82 Å². The van der Waals surface area contributed by atoms with Crippen LogP contribution in [0.1, 0.15) is 265 Å². The number of quaternary nitrogens is 1. The Balaban J connectivity index is 5.28. The summed E-state index contributed by atoms with van der Waals surface area (Å²) in [5, 5.41) is 3.04. The number of esters is 1. The number of hydrogen-bond acceptors (Lipinski definition) is 6. The van der Waals surface area contributed by atoms with E-state index in [2.05, 4.69) is 99.0 Å². The van der Waals surface area contributed by atoms with Crippen molar-refractivity contribution in [2.24, 2.45) is 0 Å². The Morgan fingerprint density at radius 1 is 0.467 bits per heavy atom. The van der Waals surface area contributed by atoms with Gasteiger partial charge in [-0.1, -0.05) is 228 Å². The molecule has 0 spiro atoms. The van der Waals surface area contributed by atoms with Gasteiger partial charge in [-0.3, -0.25) is 18.6 Å². The van der Waals surface area contributed by atoms with Crippen LogP contribution in [0.4, 0.5) is 0 Å². The van der Waals surface area contributed by atoms with Crippen molar-refractivity contribution in [1.82, 2.24) is 5.32 Å². The van der Waals surface area contributed by atoms with Gasteiger partial charge in [-0.25, -0.2) is 4.57 Å². The van der Waals surface area contributed by atoms with Crippen LogP contribution in [0.3, 0.4) is 0 Å². The van der Waals surface area contributed by atoms with Gasteiger partial charge in [-0.05, 0) is 109 Å². The van der Waals surface area contributed by atoms with E-state index in [0.29, 0.717) is 17.4 Å². The summed E-state index contributed by atoms with van der Waals surface area (Å²) in [7, 11) is 1.47. The van der Waals surface area contributed by atoms with E-state index in [1.165, 1.54) is 116 Å². The number of phosphoric acid groups is 1. The summed E-state index contributed by atoms with van der Waals surface area (Å²) in [6.45, 7) is 6.93. The second-order valence-electron chi connectivity index (χ2n) is 21.9. The predicted octanol–water partition coefficient (Wildman–Crippen LogP) is 19.0. The summed E-state index contributed by atoms with van der Waals surface area (Å²) < 4.78 is 30.7. The van der Waals surface area contributed by atoms with E-state index in [9.17, 15) is 19.0 Å². The lowest BCUT2D eigenvalue weighted by Gasteiger charge is -2.27. The van der Waals surface area contributed by atoms with Gasteiger partial charge < -0.3 is 19.4 Å². The van der Waals surface area contributed by atoms with E-state index in [0.717, 1.165) is 116 Å². The molecule has 0 aliphatic rings. The molecule has 0 rings (SSSR count). The number of allylic oxidation sites excluding steroid dienone is 13. The van der Waals surface area contributed by atoms with Gasteiger partial charge in [0.2, 0.25) is 5.91 Å². The van der Waals surface area contributed by atoms with E-state index in [4.69, 9.17) is 13.8 Å². The van der Waals surface area contributed by atoms with Gasteiger partial charge >= 0.3 is 13.8 Å². The SMILES string of the molecule is CCCCC/C=C\C/C=C\C/C=C\C/C=C\CCCCCCCC(=O)NC(COP(=O)(O)OCC[N+](C)(C)C)C(/C=C\CCCCCCCCCCC)OC(=O)CCCCCCCCC/C=C\C/C=C\CCCCC. The van der Waals surface area contributed by atoms with Gasteiger partial charge in [0.1, 0.15) is 19.3 Å². The van der Waals surface area contributed by atoms with Gasteiger partial charge in [-0.15, -0.1) is 0 Å². The molecule has 3 atom stereocenters. The van der Waals surface area contributed by atoms with Crippen LogP contribution in [0.2, 0.25) is 0 Å². The minimum Gasteiger partial charge on any atom is -0.456 e. The van der Waals surface area contributed by atoms with Crippen molar-refractivity contribution < 1.29 is 37.3 Å². The van der Waals surface area contributed by atoms with Crippen LogP contribution in [0.15, 0.2) is 85.1 Å². The van der Waals surface area contributed by atoms with Crippen LogP contribution < -0.4 is 5.32 Å². The summed E-state index contributed by atoms with van der Waals surface area (Å²) in [6.07, 6.45) is 71.4. The minimum absolute atomic E-state index is 0.0314. The first-order valence-corrected chi connectivity index (χ1v) is 32.4. The standard InChI is InChI=1S/C65H117N2O7P/c1-7-10-13-16-19-22-25-27-29-31-32-33-34-36-37-39-42-45-48-51-54-57-64(68)66-62(61-73-75(70,71)72-60-59-67(4,5)6)63(56-53-50-47-44-41-24-21-18-15-12-9-3)74-65(69)58-55-52-49-46-43-40-38-35-30-28-26-23-20-17-14-11-8-2/h19-20,22-23,27-30,32-33,36-37,53,56,62-63H,7-18,21,24-26,31,34-35,38-52,54-55,57-61H2,1-6H3,(H-,66,68,70,71)/p+1/b22-19-,23-20-,29-27-,30-28-,33-32-,37-36-,56-53-. The van der Waals surface area contributed by atoms with Gasteiger partial charge in [0.25, 0.3) is 0 Å². The zero-order valence-corrected chi connectivity index (χ0v) is 50.4. The third-order valence-electron chi connectivity index (χ3n) is 13.3. The normalized spacial score (nSPS) is 14.3. The number of nitrogens with zero attached hydrogens (tertiary/aromatic N) is 1. The first-order valence-electron chi connectivity index (χ1n) is 30.9. The molecule has 2 N–H and O–H groups in total. The first kappa shape index (κ1) is 72.2. The predicted molar refractivity (Wildman–Crippen MR) is 323 cm³/mol. The molecule has 0 bridgehead atoms. The number of ether oxygens (including phenoxy) is 1. The Morgan fingerprint density at radius 3 is 1.24 bits per heavy atom. The number of hydrogen-bond donors (Lipinski definition) is 2. The van der Waals surface area contributed by atoms with E-state index >= 15 is 0 Å².